The van der Waals surface area contributed by atoms with Crippen molar-refractivity contribution in [3.8, 4) is 5.75 Å². The highest BCUT2D eigenvalue weighted by atomic mass is 28.4. The van der Waals surface area contributed by atoms with Crippen LogP contribution < -0.4 is 4.74 Å². The Bertz CT molecular complexity index is 1280. The Balaban J connectivity index is 1.87. The average Bonchev–Trinajstić information content (AvgIpc) is 3.00. The highest BCUT2D eigenvalue weighted by Gasteiger charge is 2.60. The van der Waals surface area contributed by atoms with Crippen LogP contribution in [-0.4, -0.2) is 55.8 Å². The molecule has 1 amide bonds. The molecule has 5 atom stereocenters. The monoisotopic (exact) mass is 663 g/mol. The average molecular weight is 664 g/mol. The highest BCUT2D eigenvalue weighted by molar-refractivity contribution is 6.77. The third-order valence-corrected chi connectivity index (χ3v) is 16.8. The Morgan fingerprint density at radius 3 is 2.13 bits per heavy atom. The van der Waals surface area contributed by atoms with Gasteiger partial charge in [-0.2, -0.15) is 0 Å². The van der Waals surface area contributed by atoms with Crippen LogP contribution in [0.1, 0.15) is 99.1 Å². The van der Waals surface area contributed by atoms with Gasteiger partial charge >= 0.3 is 6.09 Å². The zero-order valence-corrected chi connectivity index (χ0v) is 31.8. The number of ether oxygens (including phenoxy) is 3. The van der Waals surface area contributed by atoms with Crippen molar-refractivity contribution in [1.29, 1.82) is 0 Å². The predicted molar refractivity (Wildman–Crippen MR) is 194 cm³/mol. The van der Waals surface area contributed by atoms with Crippen LogP contribution in [0.5, 0.6) is 5.75 Å². The van der Waals surface area contributed by atoms with Gasteiger partial charge in [0.25, 0.3) is 0 Å². The molecule has 260 valence electrons. The molecular weight excluding hydrogens is 603 g/mol. The van der Waals surface area contributed by atoms with Crippen molar-refractivity contribution < 1.29 is 23.4 Å². The lowest BCUT2D eigenvalue weighted by Crippen LogP contribution is -2.71. The first kappa shape index (κ1) is 37.2. The summed E-state index contributed by atoms with van der Waals surface area (Å²) < 4.78 is 26.4. The molecule has 2 aromatic rings. The van der Waals surface area contributed by atoms with E-state index in [-0.39, 0.29) is 30.3 Å². The molecule has 2 aromatic carbocycles. The van der Waals surface area contributed by atoms with Crippen LogP contribution in [0.3, 0.4) is 0 Å². The fraction of sp³-hybridized carbons (Fsp3) is 0.625. The van der Waals surface area contributed by atoms with Gasteiger partial charge in [-0.3, -0.25) is 4.90 Å². The van der Waals surface area contributed by atoms with Gasteiger partial charge in [0, 0.05) is 5.92 Å². The van der Waals surface area contributed by atoms with Crippen LogP contribution in [0, 0.1) is 5.92 Å². The zero-order chi connectivity index (χ0) is 34.6. The molecule has 7 heteroatoms. The van der Waals surface area contributed by atoms with Gasteiger partial charge < -0.3 is 18.6 Å². The van der Waals surface area contributed by atoms with Crippen LogP contribution in [0.15, 0.2) is 67.3 Å². The van der Waals surface area contributed by atoms with Gasteiger partial charge in [-0.1, -0.05) is 90.1 Å². The second-order valence-corrected chi connectivity index (χ2v) is 21.2. The maximum Gasteiger partial charge on any atom is 0.411 e. The number of fused-ring (bicyclic) bond motifs is 2. The lowest BCUT2D eigenvalue weighted by molar-refractivity contribution is -0.173. The van der Waals surface area contributed by atoms with Crippen molar-refractivity contribution in [3.05, 3.63) is 78.4 Å². The summed E-state index contributed by atoms with van der Waals surface area (Å²) in [7, 11) is -0.519. The third-order valence-electron chi connectivity index (χ3n) is 10.7. The summed E-state index contributed by atoms with van der Waals surface area (Å²) in [6, 6.07) is 18.3. The van der Waals surface area contributed by atoms with Crippen molar-refractivity contribution >= 4 is 14.4 Å². The number of carbonyl (C=O) groups is 1. The molecule has 1 aliphatic heterocycles. The summed E-state index contributed by atoms with van der Waals surface area (Å²) in [5, 5.41) is 0. The van der Waals surface area contributed by atoms with E-state index in [0.717, 1.165) is 36.1 Å². The molecule has 0 aromatic heterocycles. The normalized spacial score (nSPS) is 24.9. The van der Waals surface area contributed by atoms with Crippen molar-refractivity contribution in [2.24, 2.45) is 5.92 Å². The van der Waals surface area contributed by atoms with Crippen LogP contribution in [0.25, 0.3) is 0 Å². The quantitative estimate of drug-likeness (QED) is 0.158. The summed E-state index contributed by atoms with van der Waals surface area (Å²) in [5.41, 5.74) is 2.60. The Hall–Kier alpha value is -2.61. The van der Waals surface area contributed by atoms with Crippen molar-refractivity contribution in [1.82, 2.24) is 4.90 Å². The molecule has 1 heterocycles. The standard InChI is InChI=1S/C40H61NO5Si/c1-12-23-40-24-22-36(46-47(28(2)3,29(4)5)30(6)7)34(26-40)37(44-27-32-16-14-13-15-17-32)35(41(40)38(42)45-39(8,9)10)25-31-18-20-33(43-11)21-19-31/h12-21,28-30,34-37H,1,22-27H2,2-11H3/t34-,35-,36-,37+,40-/m0/s1. The van der Waals surface area contributed by atoms with Gasteiger partial charge in [-0.25, -0.2) is 4.79 Å². The highest BCUT2D eigenvalue weighted by Crippen LogP contribution is 2.53. The maximum atomic E-state index is 14.5. The van der Waals surface area contributed by atoms with E-state index in [1.54, 1.807) is 7.11 Å². The number of carbonyl (C=O) groups excluding carboxylic acids is 1. The number of methoxy groups -OCH3 is 1. The number of hydrogen-bond donors (Lipinski definition) is 0. The number of benzene rings is 2. The van der Waals surface area contributed by atoms with E-state index >= 15 is 0 Å². The molecule has 2 bridgehead atoms. The summed E-state index contributed by atoms with van der Waals surface area (Å²) in [6.07, 6.45) is 5.33. The first-order valence-electron chi connectivity index (χ1n) is 17.8. The number of piperidine rings is 1. The van der Waals surface area contributed by atoms with Gasteiger partial charge in [0.05, 0.1) is 37.5 Å². The third kappa shape index (κ3) is 8.17. The maximum absolute atomic E-state index is 14.5. The molecule has 0 radical (unpaired) electrons. The molecule has 0 N–H and O–H groups in total. The number of likely N-dealkylation sites (tertiary alicyclic amines) is 1. The fourth-order valence-corrected chi connectivity index (χ4v) is 14.5. The lowest BCUT2D eigenvalue weighted by atomic mass is 9.64. The van der Waals surface area contributed by atoms with Crippen molar-refractivity contribution in [2.75, 3.05) is 7.11 Å². The second-order valence-electron chi connectivity index (χ2n) is 15.8. The van der Waals surface area contributed by atoms with Crippen LogP contribution in [-0.2, 0) is 26.9 Å². The Kier molecular flexibility index (Phi) is 12.1. The summed E-state index contributed by atoms with van der Waals surface area (Å²) >= 11 is 0. The molecule has 0 unspecified atom stereocenters. The van der Waals surface area contributed by atoms with E-state index < -0.39 is 19.5 Å². The van der Waals surface area contributed by atoms with Crippen LogP contribution in [0.2, 0.25) is 16.6 Å². The Morgan fingerprint density at radius 1 is 0.979 bits per heavy atom. The minimum atomic E-state index is -2.20. The van der Waals surface area contributed by atoms with Crippen LogP contribution >= 0.6 is 0 Å². The number of amides is 1. The van der Waals surface area contributed by atoms with Gasteiger partial charge in [-0.15, -0.1) is 6.58 Å². The minimum Gasteiger partial charge on any atom is -0.497 e. The summed E-state index contributed by atoms with van der Waals surface area (Å²) in [4.78, 5) is 16.5. The molecule has 4 rings (SSSR count). The van der Waals surface area contributed by atoms with E-state index in [4.69, 9.17) is 18.6 Å². The van der Waals surface area contributed by atoms with Gasteiger partial charge in [0.2, 0.25) is 8.32 Å². The number of rotatable bonds is 13. The Morgan fingerprint density at radius 2 is 1.60 bits per heavy atom. The largest absolute Gasteiger partial charge is 0.497 e. The zero-order valence-electron chi connectivity index (χ0n) is 30.8. The molecule has 1 saturated carbocycles. The number of nitrogens with zero attached hydrogens (tertiary/aromatic N) is 1. The van der Waals surface area contributed by atoms with Gasteiger partial charge in [0.1, 0.15) is 11.4 Å². The molecule has 2 aliphatic rings. The predicted octanol–water partition coefficient (Wildman–Crippen LogP) is 10.1. The second kappa shape index (κ2) is 15.3. The van der Waals surface area contributed by atoms with E-state index in [9.17, 15) is 4.79 Å². The molecule has 1 aliphatic carbocycles. The molecular formula is C40H61NO5Si. The molecule has 2 fully saturated rings. The molecule has 47 heavy (non-hydrogen) atoms. The van der Waals surface area contributed by atoms with Gasteiger partial charge in [-0.05, 0) is 92.8 Å². The molecule has 1 saturated heterocycles. The first-order chi connectivity index (χ1) is 22.2. The van der Waals surface area contributed by atoms with Crippen molar-refractivity contribution in [3.63, 3.8) is 0 Å². The Labute approximate surface area is 286 Å². The number of hydrogen-bond acceptors (Lipinski definition) is 5. The van der Waals surface area contributed by atoms with E-state index in [1.165, 1.54) is 0 Å². The fourth-order valence-electron chi connectivity index (χ4n) is 8.85. The van der Waals surface area contributed by atoms with Crippen molar-refractivity contribution in [2.45, 2.75) is 147 Å². The van der Waals surface area contributed by atoms with E-state index in [1.807, 2.05) is 45.0 Å². The SMILES string of the molecule is C=CC[C@]12CC[C@H](O[Si](C(C)C)(C(C)C)C(C)C)[C@H](C1)[C@@H](OCc1ccccc1)[C@H](Cc1ccc(OC)cc1)N2C(=O)OC(C)(C)C. The van der Waals surface area contributed by atoms with E-state index in [0.29, 0.717) is 36.1 Å². The smallest absolute Gasteiger partial charge is 0.411 e. The first-order valence-corrected chi connectivity index (χ1v) is 19.9. The molecule has 0 spiro atoms. The summed E-state index contributed by atoms with van der Waals surface area (Å²) in [5.74, 6) is 0.918. The minimum absolute atomic E-state index is 0.0479. The van der Waals surface area contributed by atoms with Gasteiger partial charge in [0.15, 0.2) is 0 Å². The lowest BCUT2D eigenvalue weighted by Gasteiger charge is -2.61. The topological polar surface area (TPSA) is 57.2 Å². The van der Waals surface area contributed by atoms with Crippen LogP contribution in [0.4, 0.5) is 4.79 Å². The molecule has 6 nitrogen and oxygen atoms in total. The van der Waals surface area contributed by atoms with E-state index in [2.05, 4.69) is 89.4 Å². The summed E-state index contributed by atoms with van der Waals surface area (Å²) in [6.45, 7) is 24.6.